The van der Waals surface area contributed by atoms with Crippen LogP contribution < -0.4 is 10.1 Å². The van der Waals surface area contributed by atoms with E-state index < -0.39 is 4.92 Å². The molecular formula is C21H19N3O4. The van der Waals surface area contributed by atoms with Crippen LogP contribution in [0.15, 0.2) is 60.8 Å². The fourth-order valence-corrected chi connectivity index (χ4v) is 2.54. The van der Waals surface area contributed by atoms with E-state index in [1.165, 1.54) is 23.9 Å². The largest absolute Gasteiger partial charge is 0.439 e. The number of carbonyl (C=O) groups excluding carboxylic acids is 1. The third kappa shape index (κ3) is 4.91. The van der Waals surface area contributed by atoms with Gasteiger partial charge in [-0.3, -0.25) is 14.9 Å². The molecule has 0 radical (unpaired) electrons. The number of anilines is 1. The minimum atomic E-state index is -0.475. The van der Waals surface area contributed by atoms with Gasteiger partial charge in [-0.2, -0.15) is 0 Å². The van der Waals surface area contributed by atoms with Gasteiger partial charge in [-0.15, -0.1) is 0 Å². The number of nitrogens with one attached hydrogen (secondary N) is 1. The van der Waals surface area contributed by atoms with E-state index in [1.807, 2.05) is 32.0 Å². The van der Waals surface area contributed by atoms with E-state index in [0.29, 0.717) is 22.9 Å². The Hall–Kier alpha value is -3.74. The Morgan fingerprint density at radius 3 is 2.43 bits per heavy atom. The van der Waals surface area contributed by atoms with E-state index in [9.17, 15) is 14.9 Å². The average Bonchev–Trinajstić information content (AvgIpc) is 2.67. The van der Waals surface area contributed by atoms with Gasteiger partial charge in [0.15, 0.2) is 0 Å². The monoisotopic (exact) mass is 377 g/mol. The van der Waals surface area contributed by atoms with Crippen molar-refractivity contribution in [1.82, 2.24) is 4.98 Å². The Morgan fingerprint density at radius 2 is 1.82 bits per heavy atom. The Morgan fingerprint density at radius 1 is 1.07 bits per heavy atom. The molecule has 142 valence electrons. The summed E-state index contributed by atoms with van der Waals surface area (Å²) in [6.45, 7) is 4.05. The number of rotatable bonds is 6. The summed E-state index contributed by atoms with van der Waals surface area (Å²) in [5.74, 6) is 0.889. The van der Waals surface area contributed by atoms with E-state index >= 15 is 0 Å². The van der Waals surface area contributed by atoms with Gasteiger partial charge in [0.2, 0.25) is 11.8 Å². The average molecular weight is 377 g/mol. The maximum absolute atomic E-state index is 12.1. The van der Waals surface area contributed by atoms with Crippen LogP contribution in [-0.4, -0.2) is 15.8 Å². The van der Waals surface area contributed by atoms with Crippen molar-refractivity contribution < 1.29 is 14.5 Å². The van der Waals surface area contributed by atoms with Crippen molar-refractivity contribution in [2.75, 3.05) is 5.32 Å². The number of nitrogens with zero attached hydrogens (tertiary/aromatic N) is 2. The molecular weight excluding hydrogens is 358 g/mol. The number of aromatic nitrogens is 1. The molecule has 2 aromatic carbocycles. The lowest BCUT2D eigenvalue weighted by Crippen LogP contribution is -2.14. The van der Waals surface area contributed by atoms with Gasteiger partial charge in [0, 0.05) is 18.2 Å². The molecule has 0 unspecified atom stereocenters. The van der Waals surface area contributed by atoms with Crippen molar-refractivity contribution >= 4 is 17.3 Å². The van der Waals surface area contributed by atoms with Crippen LogP contribution in [0, 0.1) is 24.0 Å². The highest BCUT2D eigenvalue weighted by atomic mass is 16.6. The van der Waals surface area contributed by atoms with Crippen molar-refractivity contribution in [3.63, 3.8) is 0 Å². The van der Waals surface area contributed by atoms with Crippen LogP contribution in [0.4, 0.5) is 11.4 Å². The summed E-state index contributed by atoms with van der Waals surface area (Å²) in [6.07, 6.45) is 1.63. The predicted molar refractivity (Wildman–Crippen MR) is 106 cm³/mol. The third-order valence-electron chi connectivity index (χ3n) is 4.23. The number of ether oxygens (including phenoxy) is 1. The quantitative estimate of drug-likeness (QED) is 0.501. The maximum Gasteiger partial charge on any atom is 0.269 e. The first-order valence-electron chi connectivity index (χ1n) is 8.65. The Labute approximate surface area is 162 Å². The van der Waals surface area contributed by atoms with Gasteiger partial charge in [-0.05, 0) is 48.7 Å². The third-order valence-corrected chi connectivity index (χ3v) is 4.23. The lowest BCUT2D eigenvalue weighted by atomic mass is 10.1. The number of hydrogen-bond acceptors (Lipinski definition) is 5. The van der Waals surface area contributed by atoms with Gasteiger partial charge in [0.05, 0.1) is 23.2 Å². The molecule has 7 nitrogen and oxygen atoms in total. The van der Waals surface area contributed by atoms with Crippen LogP contribution in [0.25, 0.3) is 0 Å². The number of pyridine rings is 1. The lowest BCUT2D eigenvalue weighted by Gasteiger charge is -2.09. The van der Waals surface area contributed by atoms with Crippen molar-refractivity contribution in [2.24, 2.45) is 0 Å². The van der Waals surface area contributed by atoms with Crippen molar-refractivity contribution in [3.05, 3.63) is 87.6 Å². The van der Waals surface area contributed by atoms with Crippen LogP contribution in [0.2, 0.25) is 0 Å². The van der Waals surface area contributed by atoms with Crippen molar-refractivity contribution in [2.45, 2.75) is 20.3 Å². The molecule has 0 saturated heterocycles. The molecule has 3 aromatic rings. The number of aryl methyl sites for hydroxylation is 2. The molecule has 0 bridgehead atoms. The van der Waals surface area contributed by atoms with Crippen molar-refractivity contribution in [1.29, 1.82) is 0 Å². The van der Waals surface area contributed by atoms with E-state index in [4.69, 9.17) is 4.74 Å². The summed E-state index contributed by atoms with van der Waals surface area (Å²) in [6, 6.07) is 15.1. The molecule has 1 amide bonds. The zero-order valence-corrected chi connectivity index (χ0v) is 15.5. The van der Waals surface area contributed by atoms with Gasteiger partial charge in [-0.25, -0.2) is 4.98 Å². The molecule has 1 N–H and O–H groups in total. The Balaban J connectivity index is 1.58. The van der Waals surface area contributed by atoms with Crippen LogP contribution in [0.5, 0.6) is 11.6 Å². The van der Waals surface area contributed by atoms with Gasteiger partial charge in [-0.1, -0.05) is 18.2 Å². The zero-order valence-electron chi connectivity index (χ0n) is 15.5. The van der Waals surface area contributed by atoms with Crippen LogP contribution in [0.3, 0.4) is 0 Å². The first-order valence-corrected chi connectivity index (χ1v) is 8.65. The lowest BCUT2D eigenvalue weighted by molar-refractivity contribution is -0.384. The Kier molecular flexibility index (Phi) is 5.64. The first-order chi connectivity index (χ1) is 13.4. The number of nitro benzene ring substituents is 1. The standard InChI is InChI=1S/C21H19N3O4/c1-14-3-9-19(11-15(14)2)28-21-10-6-17(13-22-21)23-20(25)12-16-4-7-18(8-5-16)24(26)27/h3-11,13H,12H2,1-2H3,(H,23,25). The van der Waals surface area contributed by atoms with E-state index in [2.05, 4.69) is 10.3 Å². The molecule has 0 aliphatic rings. The number of amides is 1. The predicted octanol–water partition coefficient (Wildman–Crippen LogP) is 4.58. The fourth-order valence-electron chi connectivity index (χ4n) is 2.54. The second-order valence-electron chi connectivity index (χ2n) is 6.38. The number of nitro groups is 1. The van der Waals surface area contributed by atoms with Gasteiger partial charge >= 0.3 is 0 Å². The smallest absolute Gasteiger partial charge is 0.269 e. The molecule has 0 aliphatic heterocycles. The zero-order chi connectivity index (χ0) is 20.1. The number of non-ortho nitro benzene ring substituents is 1. The summed E-state index contributed by atoms with van der Waals surface area (Å²) >= 11 is 0. The molecule has 7 heteroatoms. The molecule has 1 heterocycles. The van der Waals surface area contributed by atoms with Crippen LogP contribution in [0.1, 0.15) is 16.7 Å². The van der Waals surface area contributed by atoms with E-state index in [0.717, 1.165) is 5.56 Å². The summed E-state index contributed by atoms with van der Waals surface area (Å²) in [7, 11) is 0. The second-order valence-corrected chi connectivity index (χ2v) is 6.38. The SMILES string of the molecule is Cc1ccc(Oc2ccc(NC(=O)Cc3ccc([N+](=O)[O-])cc3)cn2)cc1C. The first kappa shape index (κ1) is 19.0. The number of hydrogen-bond donors (Lipinski definition) is 1. The highest BCUT2D eigenvalue weighted by Gasteiger charge is 2.08. The molecule has 1 aromatic heterocycles. The molecule has 3 rings (SSSR count). The second kappa shape index (κ2) is 8.30. The summed E-state index contributed by atoms with van der Waals surface area (Å²) in [5.41, 5.74) is 3.54. The van der Waals surface area contributed by atoms with Gasteiger partial charge in [0.25, 0.3) is 5.69 Å². The van der Waals surface area contributed by atoms with Gasteiger partial charge < -0.3 is 10.1 Å². The molecule has 0 fully saturated rings. The van der Waals surface area contributed by atoms with Crippen LogP contribution >= 0.6 is 0 Å². The topological polar surface area (TPSA) is 94.4 Å². The Bertz CT molecular complexity index is 999. The molecule has 0 spiro atoms. The maximum atomic E-state index is 12.1. The number of carbonyl (C=O) groups is 1. The molecule has 28 heavy (non-hydrogen) atoms. The normalized spacial score (nSPS) is 10.4. The number of benzene rings is 2. The van der Waals surface area contributed by atoms with Crippen LogP contribution in [-0.2, 0) is 11.2 Å². The summed E-state index contributed by atoms with van der Waals surface area (Å²) < 4.78 is 5.72. The highest BCUT2D eigenvalue weighted by Crippen LogP contribution is 2.23. The summed E-state index contributed by atoms with van der Waals surface area (Å²) in [5, 5.41) is 13.4. The van der Waals surface area contributed by atoms with Crippen molar-refractivity contribution in [3.8, 4) is 11.6 Å². The molecule has 0 aliphatic carbocycles. The fraction of sp³-hybridized carbons (Fsp3) is 0.143. The minimum Gasteiger partial charge on any atom is -0.439 e. The van der Waals surface area contributed by atoms with E-state index in [1.54, 1.807) is 24.3 Å². The minimum absolute atomic E-state index is 0.00674. The highest BCUT2D eigenvalue weighted by molar-refractivity contribution is 5.92. The molecule has 0 saturated carbocycles. The van der Waals surface area contributed by atoms with E-state index in [-0.39, 0.29) is 18.0 Å². The van der Waals surface area contributed by atoms with Gasteiger partial charge in [0.1, 0.15) is 5.75 Å². The summed E-state index contributed by atoms with van der Waals surface area (Å²) in [4.78, 5) is 26.5. The molecule has 0 atom stereocenters.